The van der Waals surface area contributed by atoms with Crippen molar-refractivity contribution in [2.75, 3.05) is 0 Å². The topological polar surface area (TPSA) is 46.2 Å². The van der Waals surface area contributed by atoms with Crippen LogP contribution in [0, 0.1) is 0 Å². The number of rotatable bonds is 18. The van der Waals surface area contributed by atoms with Crippen LogP contribution < -0.4 is 23.1 Å². The molecule has 0 N–H and O–H groups in total. The van der Waals surface area contributed by atoms with Crippen LogP contribution in [0.3, 0.4) is 0 Å². The van der Waals surface area contributed by atoms with E-state index in [9.17, 15) is 0 Å². The molecule has 0 aromatic heterocycles. The average Bonchev–Trinajstić information content (AvgIpc) is 3.34. The highest BCUT2D eigenvalue weighted by molar-refractivity contribution is 6.80. The van der Waals surface area contributed by atoms with Crippen LogP contribution in [0.5, 0.6) is 34.5 Å². The molecule has 0 amide bonds. The number of hydrogen-bond acceptors (Lipinski definition) is 5. The zero-order valence-electron chi connectivity index (χ0n) is 40.3. The van der Waals surface area contributed by atoms with Gasteiger partial charge in [0.25, 0.3) is 16.6 Å². The van der Waals surface area contributed by atoms with Gasteiger partial charge in [-0.1, -0.05) is 127 Å². The first-order valence-electron chi connectivity index (χ1n) is 25.6. The van der Waals surface area contributed by atoms with Crippen molar-refractivity contribution in [3.63, 3.8) is 0 Å². The Bertz CT molecular complexity index is 2070. The molecule has 4 aliphatic carbocycles. The summed E-state index contributed by atoms with van der Waals surface area (Å²) in [6, 6.07) is 33.8. The lowest BCUT2D eigenvalue weighted by Crippen LogP contribution is -2.68. The van der Waals surface area contributed by atoms with Gasteiger partial charge in [0, 0.05) is 0 Å². The normalized spacial score (nSPS) is 19.0. The van der Waals surface area contributed by atoms with Crippen LogP contribution >= 0.6 is 0 Å². The second-order valence-electron chi connectivity index (χ2n) is 20.9. The smallest absolute Gasteiger partial charge is 0.299 e. The van der Waals surface area contributed by atoms with E-state index in [2.05, 4.69) is 138 Å². The Morgan fingerprint density at radius 1 is 0.369 bits per heavy atom. The van der Waals surface area contributed by atoms with E-state index in [0.29, 0.717) is 22.2 Å². The first kappa shape index (κ1) is 47.3. The van der Waals surface area contributed by atoms with Gasteiger partial charge in [-0.2, -0.15) is 0 Å². The largest absolute Gasteiger partial charge is 0.539 e. The molecule has 0 heterocycles. The molecule has 0 aliphatic heterocycles. The maximum Gasteiger partial charge on any atom is 0.299 e. The summed E-state index contributed by atoms with van der Waals surface area (Å²) >= 11 is 0. The van der Waals surface area contributed by atoms with Gasteiger partial charge in [0.1, 0.15) is 44.9 Å². The summed E-state index contributed by atoms with van der Waals surface area (Å²) in [4.78, 5) is 0. The molecular formula is C58H78O5Si2. The van der Waals surface area contributed by atoms with E-state index in [1.54, 1.807) is 0 Å². The second kappa shape index (κ2) is 21.2. The highest BCUT2D eigenvalue weighted by atomic mass is 28.4. The molecule has 4 aromatic rings. The standard InChI is InChI=1S/C58H78O5Si2/c1-7-45-29-33-49(34-30-45)60-57(3,4)65(55-25-17-11-18-26-55,56-27-19-12-20-28-56)63-52-43-39-48(40-44-52)59-47-37-41-50(42-38-47)61-58(5,6)64(53-21-13-9-14-22-53,54-23-15-10-16-24-54)62-51-35-31-46(8-2)32-36-51/h7-8,29-44,53-56H,1-2,9-28H2,3-6H3. The van der Waals surface area contributed by atoms with Gasteiger partial charge < -0.3 is 23.1 Å². The third-order valence-electron chi connectivity index (χ3n) is 16.2. The van der Waals surface area contributed by atoms with Crippen LogP contribution in [0.2, 0.25) is 22.2 Å². The molecular weight excluding hydrogens is 833 g/mol. The van der Waals surface area contributed by atoms with Gasteiger partial charge in [0.2, 0.25) is 0 Å². The highest BCUT2D eigenvalue weighted by Gasteiger charge is 2.64. The molecule has 0 atom stereocenters. The Hall–Kier alpha value is -4.21. The molecule has 0 saturated heterocycles. The van der Waals surface area contributed by atoms with E-state index >= 15 is 0 Å². The van der Waals surface area contributed by atoms with Gasteiger partial charge in [0.05, 0.1) is 0 Å². The third-order valence-corrected chi connectivity index (χ3v) is 28.4. The van der Waals surface area contributed by atoms with E-state index in [1.165, 1.54) is 128 Å². The lowest BCUT2D eigenvalue weighted by molar-refractivity contribution is 0.148. The molecule has 4 aliphatic rings. The van der Waals surface area contributed by atoms with E-state index in [1.807, 2.05) is 12.2 Å². The molecule has 7 heteroatoms. The Morgan fingerprint density at radius 2 is 0.615 bits per heavy atom. The first-order valence-corrected chi connectivity index (χ1v) is 29.8. The van der Waals surface area contributed by atoms with Crippen LogP contribution in [-0.2, 0) is 0 Å². The summed E-state index contributed by atoms with van der Waals surface area (Å²) in [5.74, 6) is 5.28. The van der Waals surface area contributed by atoms with Crippen molar-refractivity contribution < 1.29 is 23.1 Å². The van der Waals surface area contributed by atoms with Gasteiger partial charge in [-0.15, -0.1) is 0 Å². The lowest BCUT2D eigenvalue weighted by atomic mass is 9.99. The first-order chi connectivity index (χ1) is 31.5. The maximum absolute atomic E-state index is 7.71. The van der Waals surface area contributed by atoms with Crippen molar-refractivity contribution in [1.82, 2.24) is 0 Å². The third kappa shape index (κ3) is 10.5. The Balaban J connectivity index is 1.02. The summed E-state index contributed by atoms with van der Waals surface area (Å²) in [5, 5.41) is -0.909. The summed E-state index contributed by atoms with van der Waals surface area (Å²) in [6.07, 6.45) is 29.1. The molecule has 0 spiro atoms. The summed E-state index contributed by atoms with van der Waals surface area (Å²) in [6.45, 7) is 17.3. The lowest BCUT2D eigenvalue weighted by Gasteiger charge is -2.54. The van der Waals surface area contributed by atoms with Crippen molar-refractivity contribution in [2.45, 2.75) is 189 Å². The molecule has 5 nitrogen and oxygen atoms in total. The minimum absolute atomic E-state index is 0.446. The van der Waals surface area contributed by atoms with E-state index in [4.69, 9.17) is 23.1 Å². The number of ether oxygens (including phenoxy) is 3. The Kier molecular flexibility index (Phi) is 15.4. The fourth-order valence-corrected chi connectivity index (χ4v) is 26.2. The summed E-state index contributed by atoms with van der Waals surface area (Å²) in [7, 11) is -5.28. The SMILES string of the molecule is C=Cc1ccc(OC(C)(C)[Si](Oc2ccc(Oc3ccc(OC(C)(C)[Si](Oc4ccc(C=C)cc4)(C4CCCCC4)C4CCCCC4)cc3)cc2)(C2CCCCC2)C2CCCCC2)cc1. The zero-order chi connectivity index (χ0) is 45.3. The van der Waals surface area contributed by atoms with Crippen LogP contribution in [0.15, 0.2) is 110 Å². The van der Waals surface area contributed by atoms with Crippen LogP contribution in [0.4, 0.5) is 0 Å². The minimum Gasteiger partial charge on any atom is -0.539 e. The fourth-order valence-electron chi connectivity index (χ4n) is 13.1. The van der Waals surface area contributed by atoms with Crippen molar-refractivity contribution in [3.05, 3.63) is 121 Å². The molecule has 8 rings (SSSR count). The highest BCUT2D eigenvalue weighted by Crippen LogP contribution is 2.56. The second-order valence-corrected chi connectivity index (χ2v) is 30.2. The minimum atomic E-state index is -2.65. The van der Waals surface area contributed by atoms with Gasteiger partial charge in [-0.25, -0.2) is 0 Å². The average molecular weight is 911 g/mol. The van der Waals surface area contributed by atoms with Crippen molar-refractivity contribution in [2.24, 2.45) is 0 Å². The van der Waals surface area contributed by atoms with Crippen LogP contribution in [0.25, 0.3) is 12.2 Å². The molecule has 348 valence electrons. The van der Waals surface area contributed by atoms with E-state index in [0.717, 1.165) is 45.6 Å². The predicted octanol–water partition coefficient (Wildman–Crippen LogP) is 17.5. The fraction of sp³-hybridized carbons (Fsp3) is 0.517. The van der Waals surface area contributed by atoms with Gasteiger partial charge >= 0.3 is 0 Å². The molecule has 4 fully saturated rings. The van der Waals surface area contributed by atoms with Crippen molar-refractivity contribution in [3.8, 4) is 34.5 Å². The number of hydrogen-bond donors (Lipinski definition) is 0. The van der Waals surface area contributed by atoms with Crippen molar-refractivity contribution >= 4 is 28.8 Å². The molecule has 4 saturated carbocycles. The summed E-state index contributed by atoms with van der Waals surface area (Å²) < 4.78 is 36.3. The predicted molar refractivity (Wildman–Crippen MR) is 276 cm³/mol. The van der Waals surface area contributed by atoms with Crippen molar-refractivity contribution in [1.29, 1.82) is 0 Å². The quantitative estimate of drug-likeness (QED) is 0.0931. The van der Waals surface area contributed by atoms with E-state index in [-0.39, 0.29) is 0 Å². The van der Waals surface area contributed by atoms with Gasteiger partial charge in [0.15, 0.2) is 0 Å². The molecule has 0 bridgehead atoms. The van der Waals surface area contributed by atoms with Crippen LogP contribution in [0.1, 0.15) is 167 Å². The van der Waals surface area contributed by atoms with Crippen LogP contribution in [-0.4, -0.2) is 27.1 Å². The molecule has 0 unspecified atom stereocenters. The molecule has 4 aromatic carbocycles. The number of benzene rings is 4. The molecule has 65 heavy (non-hydrogen) atoms. The monoisotopic (exact) mass is 911 g/mol. The Morgan fingerprint density at radius 3 is 0.908 bits per heavy atom. The maximum atomic E-state index is 7.71. The Labute approximate surface area is 394 Å². The van der Waals surface area contributed by atoms with Gasteiger partial charge in [-0.3, -0.25) is 0 Å². The van der Waals surface area contributed by atoms with E-state index < -0.39 is 27.1 Å². The van der Waals surface area contributed by atoms with Gasteiger partial charge in [-0.05, 0) is 185 Å². The molecule has 0 radical (unpaired) electrons. The zero-order valence-corrected chi connectivity index (χ0v) is 42.3. The summed E-state index contributed by atoms with van der Waals surface area (Å²) in [5.41, 5.74) is 4.40.